The second-order valence-electron chi connectivity index (χ2n) is 9.42. The molecule has 1 saturated carbocycles. The number of hydrogen-bond acceptors (Lipinski definition) is 10. The Balaban J connectivity index is 1.34. The van der Waals surface area contributed by atoms with Crippen LogP contribution in [0, 0.1) is 0 Å². The molecule has 0 bridgehead atoms. The molecule has 1 fully saturated rings. The number of rotatable bonds is 7. The molecule has 15 heteroatoms. The van der Waals surface area contributed by atoms with Crippen LogP contribution < -0.4 is 5.32 Å². The number of pyridine rings is 2. The van der Waals surface area contributed by atoms with Crippen LogP contribution in [-0.2, 0) is 4.74 Å². The number of nitrogens with zero attached hydrogens (tertiary/aromatic N) is 8. The summed E-state index contributed by atoms with van der Waals surface area (Å²) in [6.45, 7) is 0. The molecule has 12 nitrogen and oxygen atoms in total. The van der Waals surface area contributed by atoms with Crippen molar-refractivity contribution >= 4 is 34.2 Å². The molecule has 5 heterocycles. The maximum Gasteiger partial charge on any atom is 0.360 e. The summed E-state index contributed by atoms with van der Waals surface area (Å²) >= 11 is 0.696. The van der Waals surface area contributed by atoms with E-state index < -0.39 is 18.3 Å². The van der Waals surface area contributed by atoms with Gasteiger partial charge >= 0.3 is 5.97 Å². The summed E-state index contributed by atoms with van der Waals surface area (Å²) in [5, 5.41) is 11.3. The van der Waals surface area contributed by atoms with Crippen molar-refractivity contribution in [2.75, 3.05) is 7.11 Å². The number of thiazole rings is 1. The van der Waals surface area contributed by atoms with Gasteiger partial charge in [-0.3, -0.25) is 9.78 Å². The first-order chi connectivity index (χ1) is 19.9. The van der Waals surface area contributed by atoms with Crippen LogP contribution in [0.3, 0.4) is 0 Å². The highest BCUT2D eigenvalue weighted by molar-refractivity contribution is 7.13. The van der Waals surface area contributed by atoms with Crippen molar-refractivity contribution < 1.29 is 23.1 Å². The lowest BCUT2D eigenvalue weighted by molar-refractivity contribution is 0.0593. The number of imidazole rings is 1. The number of carbonyl (C=O) groups is 2. The molecule has 6 rings (SSSR count). The summed E-state index contributed by atoms with van der Waals surface area (Å²) in [5.74, 6) is -0.0636. The fourth-order valence-electron chi connectivity index (χ4n) is 4.98. The van der Waals surface area contributed by atoms with E-state index in [2.05, 4.69) is 35.0 Å². The monoisotopic (exact) mass is 579 g/mol. The van der Waals surface area contributed by atoms with Crippen LogP contribution >= 0.6 is 11.3 Å². The van der Waals surface area contributed by atoms with E-state index in [1.807, 2.05) is 18.2 Å². The molecule has 0 aromatic carbocycles. The average Bonchev–Trinajstić information content (AvgIpc) is 3.76. The molecule has 0 saturated heterocycles. The number of nitrogens with one attached hydrogen (secondary N) is 1. The van der Waals surface area contributed by atoms with Crippen molar-refractivity contribution in [1.82, 2.24) is 44.8 Å². The zero-order chi connectivity index (χ0) is 28.5. The number of esters is 1. The van der Waals surface area contributed by atoms with Gasteiger partial charge in [-0.1, -0.05) is 6.07 Å². The lowest BCUT2D eigenvalue weighted by Crippen LogP contribution is -2.39. The number of amides is 1. The van der Waals surface area contributed by atoms with Gasteiger partial charge in [0.15, 0.2) is 22.3 Å². The molecule has 1 N–H and O–H groups in total. The van der Waals surface area contributed by atoms with Crippen LogP contribution in [0.5, 0.6) is 0 Å². The maximum atomic E-state index is 13.0. The minimum Gasteiger partial charge on any atom is -0.464 e. The number of ether oxygens (including phenoxy) is 1. The first-order valence-electron chi connectivity index (χ1n) is 12.8. The summed E-state index contributed by atoms with van der Waals surface area (Å²) < 4.78 is 32.8. The molecule has 5 aromatic rings. The number of hydrogen-bond donors (Lipinski definition) is 1. The van der Waals surface area contributed by atoms with E-state index >= 15 is 0 Å². The predicted molar refractivity (Wildman–Crippen MR) is 143 cm³/mol. The van der Waals surface area contributed by atoms with Crippen molar-refractivity contribution in [3.8, 4) is 17.3 Å². The highest BCUT2D eigenvalue weighted by atomic mass is 32.1. The van der Waals surface area contributed by atoms with E-state index in [9.17, 15) is 18.4 Å². The number of alkyl halides is 2. The van der Waals surface area contributed by atoms with Gasteiger partial charge in [-0.25, -0.2) is 28.5 Å². The molecule has 2 atom stereocenters. The molecular weight excluding hydrogens is 556 g/mol. The van der Waals surface area contributed by atoms with E-state index in [4.69, 9.17) is 9.72 Å². The molecule has 210 valence electrons. The Kier molecular flexibility index (Phi) is 7.17. The molecule has 0 spiro atoms. The molecule has 0 aliphatic heterocycles. The number of carbonyl (C=O) groups excluding carboxylic acids is 2. The van der Waals surface area contributed by atoms with Gasteiger partial charge in [0.1, 0.15) is 11.2 Å². The molecule has 41 heavy (non-hydrogen) atoms. The first kappa shape index (κ1) is 26.6. The van der Waals surface area contributed by atoms with E-state index in [0.717, 1.165) is 31.0 Å². The van der Waals surface area contributed by atoms with Crippen molar-refractivity contribution in [3.05, 3.63) is 64.6 Å². The number of fused-ring (bicyclic) bond motifs is 1. The SMILES string of the molecule is COC(=O)c1cnn(-c2cc3c(cn2)nc(-c2ccccn2)n3C2CCCC(NC(=O)c3ncc(C(F)F)s3)C2)n1. The second kappa shape index (κ2) is 11.1. The van der Waals surface area contributed by atoms with Crippen molar-refractivity contribution in [2.24, 2.45) is 0 Å². The quantitative estimate of drug-likeness (QED) is 0.281. The fraction of sp³-hybridized carbons (Fsp3) is 0.308. The molecule has 5 aromatic heterocycles. The van der Waals surface area contributed by atoms with E-state index in [1.165, 1.54) is 18.1 Å². The summed E-state index contributed by atoms with van der Waals surface area (Å²) in [6.07, 6.45) is 5.92. The molecule has 1 aliphatic rings. The molecule has 1 aliphatic carbocycles. The van der Waals surface area contributed by atoms with Gasteiger partial charge in [0, 0.05) is 30.5 Å². The summed E-state index contributed by atoms with van der Waals surface area (Å²) in [7, 11) is 1.26. The standard InChI is InChI=1S/C26H23F2N9O3S/c1-40-26(39)18-12-32-37(35-18)21-10-19-17(11-30-21)34-23(16-7-2-3-8-29-16)36(19)15-6-4-5-14(9-15)33-24(38)25-31-13-20(41-25)22(27)28/h2-3,7-8,10-15,22H,4-6,9H2,1H3,(H,33,38). The van der Waals surface area contributed by atoms with Crippen molar-refractivity contribution in [2.45, 2.75) is 44.2 Å². The highest BCUT2D eigenvalue weighted by Gasteiger charge is 2.30. The number of aromatic nitrogens is 8. The Bertz CT molecular complexity index is 1720. The second-order valence-corrected chi connectivity index (χ2v) is 10.5. The normalized spacial score (nSPS) is 17.2. The third-order valence-electron chi connectivity index (χ3n) is 6.83. The molecule has 2 unspecified atom stereocenters. The summed E-state index contributed by atoms with van der Waals surface area (Å²) in [6, 6.07) is 7.08. The van der Waals surface area contributed by atoms with E-state index in [-0.39, 0.29) is 27.7 Å². The van der Waals surface area contributed by atoms with Crippen LogP contribution in [0.15, 0.2) is 49.1 Å². The minimum absolute atomic E-state index is 0.0124. The highest BCUT2D eigenvalue weighted by Crippen LogP contribution is 2.36. The van der Waals surface area contributed by atoms with Crippen molar-refractivity contribution in [1.29, 1.82) is 0 Å². The van der Waals surface area contributed by atoms with Crippen LogP contribution in [0.1, 0.15) is 63.3 Å². The van der Waals surface area contributed by atoms with Gasteiger partial charge in [-0.2, -0.15) is 5.10 Å². The maximum absolute atomic E-state index is 13.0. The third kappa shape index (κ3) is 5.27. The van der Waals surface area contributed by atoms with Crippen LogP contribution in [0.25, 0.3) is 28.4 Å². The van der Waals surface area contributed by atoms with Crippen LogP contribution in [-0.4, -0.2) is 64.5 Å². The van der Waals surface area contributed by atoms with E-state index in [0.29, 0.717) is 40.6 Å². The van der Waals surface area contributed by atoms with Gasteiger partial charge < -0.3 is 14.6 Å². The van der Waals surface area contributed by atoms with Gasteiger partial charge in [0.05, 0.1) is 29.9 Å². The predicted octanol–water partition coefficient (Wildman–Crippen LogP) is 4.17. The first-order valence-corrected chi connectivity index (χ1v) is 13.6. The van der Waals surface area contributed by atoms with Gasteiger partial charge in [-0.15, -0.1) is 21.2 Å². The Hall–Kier alpha value is -4.66. The topological polar surface area (TPSA) is 143 Å². The molecular formula is C26H23F2N9O3S. The minimum atomic E-state index is -2.67. The Labute approximate surface area is 235 Å². The Morgan fingerprint density at radius 3 is 2.78 bits per heavy atom. The van der Waals surface area contributed by atoms with E-state index in [1.54, 1.807) is 18.5 Å². The molecule has 1 amide bonds. The Morgan fingerprint density at radius 2 is 2.02 bits per heavy atom. The van der Waals surface area contributed by atoms with Crippen molar-refractivity contribution in [3.63, 3.8) is 0 Å². The largest absolute Gasteiger partial charge is 0.464 e. The molecule has 0 radical (unpaired) electrons. The Morgan fingerprint density at radius 1 is 1.15 bits per heavy atom. The fourth-order valence-corrected chi connectivity index (χ4v) is 5.66. The smallest absolute Gasteiger partial charge is 0.360 e. The lowest BCUT2D eigenvalue weighted by atomic mass is 9.90. The van der Waals surface area contributed by atoms with Gasteiger partial charge in [0.25, 0.3) is 12.3 Å². The van der Waals surface area contributed by atoms with Gasteiger partial charge in [-0.05, 0) is 37.8 Å². The lowest BCUT2D eigenvalue weighted by Gasteiger charge is -2.31. The summed E-state index contributed by atoms with van der Waals surface area (Å²) in [5.41, 5.74) is 2.10. The zero-order valence-corrected chi connectivity index (χ0v) is 22.5. The van der Waals surface area contributed by atoms with Crippen LogP contribution in [0.2, 0.25) is 0 Å². The van der Waals surface area contributed by atoms with Gasteiger partial charge in [0.2, 0.25) is 0 Å². The van der Waals surface area contributed by atoms with Crippen LogP contribution in [0.4, 0.5) is 8.78 Å². The summed E-state index contributed by atoms with van der Waals surface area (Å²) in [4.78, 5) is 43.4. The number of halogens is 2. The number of methoxy groups -OCH3 is 1. The average molecular weight is 580 g/mol. The third-order valence-corrected chi connectivity index (χ3v) is 7.83. The zero-order valence-electron chi connectivity index (χ0n) is 21.6.